The SMILES string of the molecule is CS(=O)(=O)N1CCCC1C(=O)Nc1ccc(OC2CCCC2)cc1. The van der Waals surface area contributed by atoms with Crippen LogP contribution in [0.25, 0.3) is 0 Å². The lowest BCUT2D eigenvalue weighted by atomic mass is 10.2. The number of hydrogen-bond acceptors (Lipinski definition) is 4. The lowest BCUT2D eigenvalue weighted by molar-refractivity contribution is -0.119. The van der Waals surface area contributed by atoms with E-state index < -0.39 is 16.1 Å². The van der Waals surface area contributed by atoms with Crippen LogP contribution >= 0.6 is 0 Å². The van der Waals surface area contributed by atoms with Crippen LogP contribution in [0.1, 0.15) is 38.5 Å². The molecule has 1 aliphatic carbocycles. The van der Waals surface area contributed by atoms with Gasteiger partial charge in [0.2, 0.25) is 15.9 Å². The van der Waals surface area contributed by atoms with Crippen molar-refractivity contribution in [3.8, 4) is 5.75 Å². The zero-order valence-electron chi connectivity index (χ0n) is 13.9. The predicted octanol–water partition coefficient (Wildman–Crippen LogP) is 2.37. The summed E-state index contributed by atoms with van der Waals surface area (Å²) in [5.41, 5.74) is 0.652. The minimum Gasteiger partial charge on any atom is -0.490 e. The van der Waals surface area contributed by atoms with Crippen molar-refractivity contribution in [1.29, 1.82) is 0 Å². The van der Waals surface area contributed by atoms with Crippen molar-refractivity contribution >= 4 is 21.6 Å². The standard InChI is InChI=1S/C17H24N2O4S/c1-24(21,22)19-12-4-7-16(19)17(20)18-13-8-10-15(11-9-13)23-14-5-2-3-6-14/h8-11,14,16H,2-7,12H2,1H3,(H,18,20). The largest absolute Gasteiger partial charge is 0.490 e. The molecular weight excluding hydrogens is 328 g/mol. The summed E-state index contributed by atoms with van der Waals surface area (Å²) in [5.74, 6) is 0.529. The maximum absolute atomic E-state index is 12.4. The van der Waals surface area contributed by atoms with Crippen LogP contribution in [0.15, 0.2) is 24.3 Å². The Morgan fingerprint density at radius 1 is 1.12 bits per heavy atom. The third-order valence-corrected chi connectivity index (χ3v) is 5.95. The molecule has 0 aromatic heterocycles. The number of rotatable bonds is 5. The summed E-state index contributed by atoms with van der Waals surface area (Å²) in [7, 11) is -3.36. The number of nitrogens with one attached hydrogen (secondary N) is 1. The van der Waals surface area contributed by atoms with Gasteiger partial charge in [0.1, 0.15) is 11.8 Å². The van der Waals surface area contributed by atoms with Crippen molar-refractivity contribution in [1.82, 2.24) is 4.31 Å². The molecule has 2 fully saturated rings. The normalized spacial score (nSPS) is 22.6. The monoisotopic (exact) mass is 352 g/mol. The van der Waals surface area contributed by atoms with Crippen molar-refractivity contribution in [2.24, 2.45) is 0 Å². The molecule has 1 aromatic rings. The molecule has 1 heterocycles. The number of sulfonamides is 1. The first-order chi connectivity index (χ1) is 11.4. The zero-order valence-corrected chi connectivity index (χ0v) is 14.7. The highest BCUT2D eigenvalue weighted by atomic mass is 32.2. The molecule has 1 atom stereocenters. The first kappa shape index (κ1) is 17.2. The quantitative estimate of drug-likeness (QED) is 0.883. The average Bonchev–Trinajstić information content (AvgIpc) is 3.19. The Balaban J connectivity index is 1.60. The summed E-state index contributed by atoms with van der Waals surface area (Å²) in [4.78, 5) is 12.4. The zero-order chi connectivity index (χ0) is 17.2. The van der Waals surface area contributed by atoms with Crippen molar-refractivity contribution in [2.45, 2.75) is 50.7 Å². The van der Waals surface area contributed by atoms with Gasteiger partial charge in [-0.2, -0.15) is 4.31 Å². The van der Waals surface area contributed by atoms with Gasteiger partial charge in [-0.25, -0.2) is 8.42 Å². The molecule has 1 saturated carbocycles. The number of hydrogen-bond donors (Lipinski definition) is 1. The maximum Gasteiger partial charge on any atom is 0.242 e. The van der Waals surface area contributed by atoms with Gasteiger partial charge in [-0.05, 0) is 62.8 Å². The molecule has 2 aliphatic rings. The molecule has 6 nitrogen and oxygen atoms in total. The van der Waals surface area contributed by atoms with E-state index in [2.05, 4.69) is 5.32 Å². The first-order valence-corrected chi connectivity index (χ1v) is 10.3. The van der Waals surface area contributed by atoms with E-state index in [1.54, 1.807) is 12.1 Å². The molecule has 1 unspecified atom stereocenters. The Kier molecular flexibility index (Phi) is 5.10. The highest BCUT2D eigenvalue weighted by Crippen LogP contribution is 2.26. The second-order valence-corrected chi connectivity index (χ2v) is 8.50. The molecule has 1 aromatic carbocycles. The van der Waals surface area contributed by atoms with Crippen LogP contribution in [0.3, 0.4) is 0 Å². The molecule has 0 radical (unpaired) electrons. The minimum atomic E-state index is -3.36. The fourth-order valence-corrected chi connectivity index (χ4v) is 4.56. The van der Waals surface area contributed by atoms with Gasteiger partial charge in [0.25, 0.3) is 0 Å². The van der Waals surface area contributed by atoms with Gasteiger partial charge in [-0.15, -0.1) is 0 Å². The van der Waals surface area contributed by atoms with E-state index in [1.165, 1.54) is 17.1 Å². The molecule has 3 rings (SSSR count). The number of carbonyl (C=O) groups is 1. The van der Waals surface area contributed by atoms with Gasteiger partial charge in [0.15, 0.2) is 0 Å². The topological polar surface area (TPSA) is 75.7 Å². The lowest BCUT2D eigenvalue weighted by Crippen LogP contribution is -2.42. The van der Waals surface area contributed by atoms with Crippen LogP contribution in [0, 0.1) is 0 Å². The molecule has 0 spiro atoms. The highest BCUT2D eigenvalue weighted by molar-refractivity contribution is 7.88. The van der Waals surface area contributed by atoms with Gasteiger partial charge in [-0.1, -0.05) is 0 Å². The molecule has 24 heavy (non-hydrogen) atoms. The molecule has 1 N–H and O–H groups in total. The Bertz CT molecular complexity index is 681. The molecule has 1 aliphatic heterocycles. The molecule has 1 amide bonds. The van der Waals surface area contributed by atoms with E-state index in [4.69, 9.17) is 4.74 Å². The van der Waals surface area contributed by atoms with E-state index in [-0.39, 0.29) is 5.91 Å². The van der Waals surface area contributed by atoms with Gasteiger partial charge in [0.05, 0.1) is 12.4 Å². The van der Waals surface area contributed by atoms with Gasteiger partial charge in [-0.3, -0.25) is 4.79 Å². The Morgan fingerprint density at radius 3 is 2.42 bits per heavy atom. The van der Waals surface area contributed by atoms with Crippen molar-refractivity contribution in [2.75, 3.05) is 18.1 Å². The summed E-state index contributed by atoms with van der Waals surface area (Å²) >= 11 is 0. The van der Waals surface area contributed by atoms with Crippen molar-refractivity contribution in [3.63, 3.8) is 0 Å². The van der Waals surface area contributed by atoms with Crippen LogP contribution in [0.4, 0.5) is 5.69 Å². The number of carbonyl (C=O) groups excluding carboxylic acids is 1. The highest BCUT2D eigenvalue weighted by Gasteiger charge is 2.36. The van der Waals surface area contributed by atoms with Gasteiger partial charge < -0.3 is 10.1 Å². The van der Waals surface area contributed by atoms with E-state index in [9.17, 15) is 13.2 Å². The van der Waals surface area contributed by atoms with Crippen molar-refractivity contribution < 1.29 is 17.9 Å². The number of nitrogens with zero attached hydrogens (tertiary/aromatic N) is 1. The third-order valence-electron chi connectivity index (χ3n) is 4.66. The second-order valence-electron chi connectivity index (χ2n) is 6.57. The molecular formula is C17H24N2O4S. The number of benzene rings is 1. The second kappa shape index (κ2) is 7.11. The summed E-state index contributed by atoms with van der Waals surface area (Å²) in [5, 5.41) is 2.81. The smallest absolute Gasteiger partial charge is 0.242 e. The Labute approximate surface area is 143 Å². The van der Waals surface area contributed by atoms with E-state index >= 15 is 0 Å². The molecule has 7 heteroatoms. The Morgan fingerprint density at radius 2 is 1.79 bits per heavy atom. The van der Waals surface area contributed by atoms with Crippen LogP contribution in [-0.4, -0.2) is 43.6 Å². The van der Waals surface area contributed by atoms with E-state index in [0.29, 0.717) is 31.2 Å². The predicted molar refractivity (Wildman–Crippen MR) is 92.5 cm³/mol. The minimum absolute atomic E-state index is 0.276. The molecule has 0 bridgehead atoms. The van der Waals surface area contributed by atoms with Gasteiger partial charge >= 0.3 is 0 Å². The van der Waals surface area contributed by atoms with E-state index in [0.717, 1.165) is 24.8 Å². The summed E-state index contributed by atoms with van der Waals surface area (Å²) in [6.07, 6.45) is 7.35. The first-order valence-electron chi connectivity index (χ1n) is 8.48. The summed E-state index contributed by atoms with van der Waals surface area (Å²) < 4.78 is 30.7. The van der Waals surface area contributed by atoms with Crippen LogP contribution in [0.5, 0.6) is 5.75 Å². The average molecular weight is 352 g/mol. The number of anilines is 1. The molecule has 1 saturated heterocycles. The fourth-order valence-electron chi connectivity index (χ4n) is 3.44. The van der Waals surface area contributed by atoms with Crippen LogP contribution in [-0.2, 0) is 14.8 Å². The molecule has 132 valence electrons. The van der Waals surface area contributed by atoms with Crippen LogP contribution < -0.4 is 10.1 Å². The van der Waals surface area contributed by atoms with Crippen molar-refractivity contribution in [3.05, 3.63) is 24.3 Å². The van der Waals surface area contributed by atoms with Crippen LogP contribution in [0.2, 0.25) is 0 Å². The number of amides is 1. The summed E-state index contributed by atoms with van der Waals surface area (Å²) in [6.45, 7) is 0.408. The van der Waals surface area contributed by atoms with Gasteiger partial charge in [0, 0.05) is 12.2 Å². The summed E-state index contributed by atoms with van der Waals surface area (Å²) in [6, 6.07) is 6.66. The third kappa shape index (κ3) is 4.08. The lowest BCUT2D eigenvalue weighted by Gasteiger charge is -2.21. The fraction of sp³-hybridized carbons (Fsp3) is 0.588. The number of ether oxygens (including phenoxy) is 1. The van der Waals surface area contributed by atoms with E-state index in [1.807, 2.05) is 12.1 Å². The maximum atomic E-state index is 12.4. The Hall–Kier alpha value is -1.60.